The maximum Gasteiger partial charge on any atom is 0.305 e. The fourth-order valence-corrected chi connectivity index (χ4v) is 2.32. The number of nitrogens with one attached hydrogen (secondary N) is 1. The summed E-state index contributed by atoms with van der Waals surface area (Å²) < 4.78 is 0.916. The highest BCUT2D eigenvalue weighted by Crippen LogP contribution is 2.19. The van der Waals surface area contributed by atoms with Crippen LogP contribution in [0.2, 0.25) is 0 Å². The SMILES string of the molecule is CCC(CC(=O)O)NC(=O)/C=C/c1ccc(C)cc1Br. The minimum absolute atomic E-state index is 0.0652. The van der Waals surface area contributed by atoms with E-state index in [1.165, 1.54) is 6.08 Å². The Morgan fingerprint density at radius 2 is 2.15 bits per heavy atom. The third kappa shape index (κ3) is 5.57. The van der Waals surface area contributed by atoms with Gasteiger partial charge in [0, 0.05) is 16.6 Å². The molecule has 0 saturated carbocycles. The number of carboxylic acid groups (broad SMARTS) is 1. The van der Waals surface area contributed by atoms with Crippen LogP contribution in [-0.4, -0.2) is 23.0 Å². The number of carbonyl (C=O) groups is 2. The lowest BCUT2D eigenvalue weighted by Crippen LogP contribution is -2.34. The van der Waals surface area contributed by atoms with Crippen molar-refractivity contribution < 1.29 is 14.7 Å². The molecule has 0 heterocycles. The van der Waals surface area contributed by atoms with Crippen molar-refractivity contribution in [2.24, 2.45) is 0 Å². The molecule has 1 amide bonds. The van der Waals surface area contributed by atoms with Crippen molar-refractivity contribution in [1.82, 2.24) is 5.32 Å². The highest BCUT2D eigenvalue weighted by atomic mass is 79.9. The van der Waals surface area contributed by atoms with E-state index in [1.807, 2.05) is 32.0 Å². The van der Waals surface area contributed by atoms with E-state index in [0.29, 0.717) is 6.42 Å². The lowest BCUT2D eigenvalue weighted by Gasteiger charge is -2.12. The Morgan fingerprint density at radius 3 is 2.70 bits per heavy atom. The number of hydrogen-bond donors (Lipinski definition) is 2. The Balaban J connectivity index is 2.65. The summed E-state index contributed by atoms with van der Waals surface area (Å²) in [4.78, 5) is 22.4. The molecule has 0 aliphatic heterocycles. The average Bonchev–Trinajstić information content (AvgIpc) is 2.36. The van der Waals surface area contributed by atoms with Gasteiger partial charge in [0.15, 0.2) is 0 Å². The third-order valence-electron chi connectivity index (χ3n) is 2.83. The van der Waals surface area contributed by atoms with E-state index < -0.39 is 5.97 Å². The van der Waals surface area contributed by atoms with Gasteiger partial charge in [-0.05, 0) is 36.6 Å². The fraction of sp³-hybridized carbons (Fsp3) is 0.333. The molecule has 0 saturated heterocycles. The Kier molecular flexibility index (Phi) is 6.45. The van der Waals surface area contributed by atoms with E-state index in [9.17, 15) is 9.59 Å². The number of carbonyl (C=O) groups excluding carboxylic acids is 1. The first kappa shape index (κ1) is 16.4. The summed E-state index contributed by atoms with van der Waals surface area (Å²) in [5.41, 5.74) is 2.03. The second-order valence-corrected chi connectivity index (χ2v) is 5.42. The highest BCUT2D eigenvalue weighted by molar-refractivity contribution is 9.10. The van der Waals surface area contributed by atoms with Crippen molar-refractivity contribution in [3.63, 3.8) is 0 Å². The first-order valence-corrected chi connectivity index (χ1v) is 7.18. The smallest absolute Gasteiger partial charge is 0.305 e. The Hall–Kier alpha value is -1.62. The number of hydrogen-bond acceptors (Lipinski definition) is 2. The molecule has 0 fully saturated rings. The van der Waals surface area contributed by atoms with Crippen molar-refractivity contribution in [2.45, 2.75) is 32.7 Å². The lowest BCUT2D eigenvalue weighted by atomic mass is 10.1. The first-order valence-electron chi connectivity index (χ1n) is 6.39. The molecular formula is C15H18BrNO3. The standard InChI is InChI=1S/C15H18BrNO3/c1-3-12(9-15(19)20)17-14(18)7-6-11-5-4-10(2)8-13(11)16/h4-8,12H,3,9H2,1-2H3,(H,17,18)(H,19,20)/b7-6+. The van der Waals surface area contributed by atoms with Gasteiger partial charge in [-0.25, -0.2) is 0 Å². The molecule has 1 atom stereocenters. The zero-order valence-corrected chi connectivity index (χ0v) is 13.1. The van der Waals surface area contributed by atoms with Gasteiger partial charge in [0.05, 0.1) is 6.42 Å². The van der Waals surface area contributed by atoms with Gasteiger partial charge in [-0.15, -0.1) is 0 Å². The zero-order chi connectivity index (χ0) is 15.1. The van der Waals surface area contributed by atoms with Crippen LogP contribution in [0.5, 0.6) is 0 Å². The minimum Gasteiger partial charge on any atom is -0.481 e. The van der Waals surface area contributed by atoms with Gasteiger partial charge in [0.1, 0.15) is 0 Å². The summed E-state index contributed by atoms with van der Waals surface area (Å²) in [6.45, 7) is 3.83. The van der Waals surface area contributed by atoms with Crippen LogP contribution >= 0.6 is 15.9 Å². The van der Waals surface area contributed by atoms with E-state index in [2.05, 4.69) is 21.2 Å². The molecule has 0 radical (unpaired) electrons. The molecule has 1 aromatic rings. The molecule has 20 heavy (non-hydrogen) atoms. The van der Waals surface area contributed by atoms with Crippen LogP contribution in [0.25, 0.3) is 6.08 Å². The zero-order valence-electron chi connectivity index (χ0n) is 11.5. The molecule has 1 unspecified atom stereocenters. The molecule has 0 bridgehead atoms. The third-order valence-corrected chi connectivity index (χ3v) is 3.52. The molecule has 1 aromatic carbocycles. The van der Waals surface area contributed by atoms with E-state index in [4.69, 9.17) is 5.11 Å². The maximum absolute atomic E-state index is 11.7. The van der Waals surface area contributed by atoms with Crippen molar-refractivity contribution >= 4 is 33.9 Å². The summed E-state index contributed by atoms with van der Waals surface area (Å²) in [6.07, 6.45) is 3.64. The summed E-state index contributed by atoms with van der Waals surface area (Å²) >= 11 is 3.43. The van der Waals surface area contributed by atoms with E-state index in [1.54, 1.807) is 6.08 Å². The molecular weight excluding hydrogens is 322 g/mol. The Bertz CT molecular complexity index is 526. The van der Waals surface area contributed by atoms with Crippen LogP contribution in [-0.2, 0) is 9.59 Å². The van der Waals surface area contributed by atoms with Crippen molar-refractivity contribution in [3.05, 3.63) is 39.9 Å². The number of aryl methyl sites for hydroxylation is 1. The topological polar surface area (TPSA) is 66.4 Å². The maximum atomic E-state index is 11.7. The van der Waals surface area contributed by atoms with Gasteiger partial charge in [0.25, 0.3) is 0 Å². The van der Waals surface area contributed by atoms with Crippen molar-refractivity contribution in [1.29, 1.82) is 0 Å². The van der Waals surface area contributed by atoms with Crippen LogP contribution in [0.3, 0.4) is 0 Å². The van der Waals surface area contributed by atoms with Gasteiger partial charge in [-0.1, -0.05) is 35.0 Å². The monoisotopic (exact) mass is 339 g/mol. The molecule has 1 rings (SSSR count). The van der Waals surface area contributed by atoms with E-state index in [0.717, 1.165) is 15.6 Å². The predicted octanol–water partition coefficient (Wildman–Crippen LogP) is 3.14. The van der Waals surface area contributed by atoms with Gasteiger partial charge in [-0.3, -0.25) is 9.59 Å². The second kappa shape index (κ2) is 7.85. The summed E-state index contributed by atoms with van der Waals surface area (Å²) in [7, 11) is 0. The van der Waals surface area contributed by atoms with Crippen LogP contribution in [0.4, 0.5) is 0 Å². The van der Waals surface area contributed by atoms with Gasteiger partial charge in [-0.2, -0.15) is 0 Å². The number of halogens is 1. The fourth-order valence-electron chi connectivity index (χ4n) is 1.69. The highest BCUT2D eigenvalue weighted by Gasteiger charge is 2.12. The number of rotatable bonds is 6. The molecule has 4 nitrogen and oxygen atoms in total. The molecule has 108 valence electrons. The average molecular weight is 340 g/mol. The minimum atomic E-state index is -0.914. The Morgan fingerprint density at radius 1 is 1.45 bits per heavy atom. The summed E-state index contributed by atoms with van der Waals surface area (Å²) in [5, 5.41) is 11.4. The van der Waals surface area contributed by atoms with Gasteiger partial charge >= 0.3 is 5.97 Å². The van der Waals surface area contributed by atoms with Crippen LogP contribution < -0.4 is 5.32 Å². The molecule has 0 aliphatic rings. The largest absolute Gasteiger partial charge is 0.481 e. The van der Waals surface area contributed by atoms with Crippen molar-refractivity contribution in [2.75, 3.05) is 0 Å². The molecule has 5 heteroatoms. The molecule has 2 N–H and O–H groups in total. The quantitative estimate of drug-likeness (QED) is 0.782. The molecule has 0 aliphatic carbocycles. The predicted molar refractivity (Wildman–Crippen MR) is 82.4 cm³/mol. The van der Waals surface area contributed by atoms with Crippen LogP contribution in [0, 0.1) is 6.92 Å². The van der Waals surface area contributed by atoms with Crippen LogP contribution in [0.1, 0.15) is 30.9 Å². The first-order chi connectivity index (χ1) is 9.42. The molecule has 0 aromatic heterocycles. The van der Waals surface area contributed by atoms with Crippen LogP contribution in [0.15, 0.2) is 28.7 Å². The van der Waals surface area contributed by atoms with Crippen molar-refractivity contribution in [3.8, 4) is 0 Å². The second-order valence-electron chi connectivity index (χ2n) is 4.57. The number of benzene rings is 1. The van der Waals surface area contributed by atoms with E-state index >= 15 is 0 Å². The van der Waals surface area contributed by atoms with Gasteiger partial charge in [0.2, 0.25) is 5.91 Å². The number of amides is 1. The Labute approximate surface area is 127 Å². The van der Waals surface area contributed by atoms with Gasteiger partial charge < -0.3 is 10.4 Å². The lowest BCUT2D eigenvalue weighted by molar-refractivity contribution is -0.137. The summed E-state index contributed by atoms with van der Waals surface area (Å²) in [6, 6.07) is 5.50. The molecule has 0 spiro atoms. The summed E-state index contributed by atoms with van der Waals surface area (Å²) in [5.74, 6) is -1.20. The normalized spacial score (nSPS) is 12.3. The van der Waals surface area contributed by atoms with E-state index in [-0.39, 0.29) is 18.4 Å². The number of carboxylic acids is 1. The number of aliphatic carboxylic acids is 1.